The fraction of sp³-hybridized carbons (Fsp3) is 0.250. The average Bonchev–Trinajstić information content (AvgIpc) is 2.18. The minimum absolute atomic E-state index is 0.249. The molecule has 76 valence electrons. The fourth-order valence-electron chi connectivity index (χ4n) is 0.889. The van der Waals surface area contributed by atoms with E-state index in [2.05, 4.69) is 0 Å². The third-order valence-electron chi connectivity index (χ3n) is 1.52. The van der Waals surface area contributed by atoms with Crippen LogP contribution in [0.15, 0.2) is 24.3 Å². The molecule has 0 aliphatic carbocycles. The Morgan fingerprint density at radius 1 is 1.43 bits per heavy atom. The third-order valence-corrected chi connectivity index (χ3v) is 1.52. The van der Waals surface area contributed by atoms with Crippen LogP contribution in [-0.4, -0.2) is 18.4 Å². The summed E-state index contributed by atoms with van der Waals surface area (Å²) in [6.07, 6.45) is -1.58. The lowest BCUT2D eigenvalue weighted by atomic mass is 10.3. The number of rotatable bonds is 4. The number of ether oxygens (including phenoxy) is 2. The van der Waals surface area contributed by atoms with Gasteiger partial charge in [0.05, 0.1) is 12.0 Å². The van der Waals surface area contributed by atoms with Crippen LogP contribution in [0.4, 0.5) is 0 Å². The fourth-order valence-corrected chi connectivity index (χ4v) is 0.889. The Bertz CT molecular complexity index is 329. The van der Waals surface area contributed by atoms with Crippen molar-refractivity contribution < 1.29 is 14.4 Å². The zero-order valence-electron chi connectivity index (χ0n) is 7.54. The molecular weight excluding hydrogens is 188 g/mol. The van der Waals surface area contributed by atoms with Gasteiger partial charge in [0.25, 0.3) is 0 Å². The standard InChI is InChI=1S/C8H10N2O4/c1-13-6-4-2-3-5-7(6)14-8(9)10(11)12/h2-5,8H,9H2,1H3. The predicted molar refractivity (Wildman–Crippen MR) is 48.6 cm³/mol. The van der Waals surface area contributed by atoms with Crippen LogP contribution < -0.4 is 15.2 Å². The Morgan fingerprint density at radius 2 is 2.00 bits per heavy atom. The third kappa shape index (κ3) is 2.33. The number of hydrogen-bond acceptors (Lipinski definition) is 5. The summed E-state index contributed by atoms with van der Waals surface area (Å²) in [4.78, 5) is 9.49. The van der Waals surface area contributed by atoms with Gasteiger partial charge >= 0.3 is 6.35 Å². The SMILES string of the molecule is COc1ccccc1OC(N)[N+](=O)[O-]. The molecule has 1 aromatic carbocycles. The van der Waals surface area contributed by atoms with Gasteiger partial charge in [-0.3, -0.25) is 10.1 Å². The van der Waals surface area contributed by atoms with Crippen LogP contribution in [0.3, 0.4) is 0 Å². The Labute approximate surface area is 80.4 Å². The molecule has 1 unspecified atom stereocenters. The van der Waals surface area contributed by atoms with Crippen LogP contribution in [0.2, 0.25) is 0 Å². The number of para-hydroxylation sites is 2. The molecule has 6 nitrogen and oxygen atoms in total. The summed E-state index contributed by atoms with van der Waals surface area (Å²) in [7, 11) is 1.44. The first-order chi connectivity index (χ1) is 6.65. The highest BCUT2D eigenvalue weighted by Crippen LogP contribution is 2.26. The van der Waals surface area contributed by atoms with Crippen LogP contribution in [0, 0.1) is 10.1 Å². The molecule has 0 saturated carbocycles. The second kappa shape index (κ2) is 4.43. The molecular formula is C8H10N2O4. The zero-order valence-corrected chi connectivity index (χ0v) is 7.54. The van der Waals surface area contributed by atoms with E-state index in [0.29, 0.717) is 5.75 Å². The van der Waals surface area contributed by atoms with E-state index in [1.165, 1.54) is 7.11 Å². The van der Waals surface area contributed by atoms with Gasteiger partial charge in [0.15, 0.2) is 11.5 Å². The van der Waals surface area contributed by atoms with Gasteiger partial charge in [-0.1, -0.05) is 12.1 Å². The highest BCUT2D eigenvalue weighted by Gasteiger charge is 2.16. The van der Waals surface area contributed by atoms with Gasteiger partial charge in [-0.15, -0.1) is 0 Å². The molecule has 6 heteroatoms. The summed E-state index contributed by atoms with van der Waals surface area (Å²) in [5.74, 6) is 0.656. The lowest BCUT2D eigenvalue weighted by molar-refractivity contribution is -0.561. The first-order valence-electron chi connectivity index (χ1n) is 3.84. The van der Waals surface area contributed by atoms with Crippen LogP contribution in [0.5, 0.6) is 11.5 Å². The van der Waals surface area contributed by atoms with Gasteiger partial charge in [-0.2, -0.15) is 0 Å². The van der Waals surface area contributed by atoms with Crippen LogP contribution >= 0.6 is 0 Å². The maximum Gasteiger partial charge on any atom is 0.414 e. The summed E-state index contributed by atoms with van der Waals surface area (Å²) >= 11 is 0. The number of hydrogen-bond donors (Lipinski definition) is 1. The van der Waals surface area contributed by atoms with Crippen molar-refractivity contribution in [2.75, 3.05) is 7.11 Å². The Kier molecular flexibility index (Phi) is 3.24. The molecule has 2 N–H and O–H groups in total. The largest absolute Gasteiger partial charge is 0.493 e. The highest BCUT2D eigenvalue weighted by molar-refractivity contribution is 5.39. The van der Waals surface area contributed by atoms with Crippen molar-refractivity contribution in [2.45, 2.75) is 6.35 Å². The topological polar surface area (TPSA) is 87.6 Å². The maximum atomic E-state index is 10.2. The second-order valence-corrected chi connectivity index (χ2v) is 2.44. The van der Waals surface area contributed by atoms with Gasteiger partial charge in [0.1, 0.15) is 0 Å². The van der Waals surface area contributed by atoms with Crippen molar-refractivity contribution in [1.29, 1.82) is 0 Å². The van der Waals surface area contributed by atoms with Crippen molar-refractivity contribution in [3.05, 3.63) is 34.4 Å². The van der Waals surface area contributed by atoms with Crippen LogP contribution in [0.1, 0.15) is 0 Å². The highest BCUT2D eigenvalue weighted by atomic mass is 16.7. The van der Waals surface area contributed by atoms with Crippen molar-refractivity contribution in [1.82, 2.24) is 0 Å². The van der Waals surface area contributed by atoms with Crippen molar-refractivity contribution >= 4 is 0 Å². The molecule has 14 heavy (non-hydrogen) atoms. The monoisotopic (exact) mass is 198 g/mol. The molecule has 0 heterocycles. The van der Waals surface area contributed by atoms with E-state index in [1.54, 1.807) is 24.3 Å². The molecule has 0 saturated heterocycles. The van der Waals surface area contributed by atoms with Gasteiger partial charge < -0.3 is 9.47 Å². The lowest BCUT2D eigenvalue weighted by Crippen LogP contribution is -2.35. The number of nitrogens with zero attached hydrogens (tertiary/aromatic N) is 1. The van der Waals surface area contributed by atoms with Crippen molar-refractivity contribution in [3.8, 4) is 11.5 Å². The van der Waals surface area contributed by atoms with Crippen molar-refractivity contribution in [2.24, 2.45) is 5.73 Å². The second-order valence-electron chi connectivity index (χ2n) is 2.44. The van der Waals surface area contributed by atoms with E-state index in [-0.39, 0.29) is 5.75 Å². The van der Waals surface area contributed by atoms with Gasteiger partial charge in [0, 0.05) is 0 Å². The first kappa shape index (κ1) is 10.3. The molecule has 0 spiro atoms. The quantitative estimate of drug-likeness (QED) is 0.434. The summed E-state index contributed by atoms with van der Waals surface area (Å²) in [5.41, 5.74) is 5.10. The Morgan fingerprint density at radius 3 is 2.50 bits per heavy atom. The average molecular weight is 198 g/mol. The van der Waals surface area contributed by atoms with Gasteiger partial charge in [-0.05, 0) is 12.1 Å². The number of benzene rings is 1. The Balaban J connectivity index is 2.80. The minimum Gasteiger partial charge on any atom is -0.493 e. The summed E-state index contributed by atoms with van der Waals surface area (Å²) < 4.78 is 9.77. The van der Waals surface area contributed by atoms with Gasteiger partial charge in [-0.25, -0.2) is 5.73 Å². The molecule has 1 aromatic rings. The molecule has 0 radical (unpaired) electrons. The lowest BCUT2D eigenvalue weighted by Gasteiger charge is -2.10. The van der Waals surface area contributed by atoms with Gasteiger partial charge in [0.2, 0.25) is 0 Å². The molecule has 0 aliphatic rings. The molecule has 1 atom stereocenters. The molecule has 1 rings (SSSR count). The minimum atomic E-state index is -1.58. The number of nitrogens with two attached hydrogens (primary N) is 1. The van der Waals surface area contributed by atoms with E-state index in [4.69, 9.17) is 15.2 Å². The van der Waals surface area contributed by atoms with E-state index in [1.807, 2.05) is 0 Å². The number of methoxy groups -OCH3 is 1. The summed E-state index contributed by atoms with van der Waals surface area (Å²) in [6.45, 7) is 0. The normalized spacial score (nSPS) is 11.9. The zero-order chi connectivity index (χ0) is 10.6. The van der Waals surface area contributed by atoms with Crippen molar-refractivity contribution in [3.63, 3.8) is 0 Å². The molecule has 0 amide bonds. The van der Waals surface area contributed by atoms with Crippen LogP contribution in [0.25, 0.3) is 0 Å². The molecule has 0 bridgehead atoms. The van der Waals surface area contributed by atoms with E-state index in [9.17, 15) is 10.1 Å². The van der Waals surface area contributed by atoms with E-state index < -0.39 is 11.3 Å². The molecule has 0 aliphatic heterocycles. The number of nitro groups is 1. The molecule has 0 fully saturated rings. The molecule has 0 aromatic heterocycles. The first-order valence-corrected chi connectivity index (χ1v) is 3.84. The van der Waals surface area contributed by atoms with E-state index >= 15 is 0 Å². The maximum absolute atomic E-state index is 10.2. The smallest absolute Gasteiger partial charge is 0.414 e. The predicted octanol–water partition coefficient (Wildman–Crippen LogP) is 0.593. The van der Waals surface area contributed by atoms with E-state index in [0.717, 1.165) is 0 Å². The summed E-state index contributed by atoms with van der Waals surface area (Å²) in [6, 6.07) is 6.57. The summed E-state index contributed by atoms with van der Waals surface area (Å²) in [5, 5.41) is 10.2. The Hall–Kier alpha value is -1.82. The van der Waals surface area contributed by atoms with Crippen LogP contribution in [-0.2, 0) is 0 Å².